The lowest BCUT2D eigenvalue weighted by Gasteiger charge is -2.18. The number of nitrogens with zero attached hydrogens (tertiary/aromatic N) is 1. The van der Waals surface area contributed by atoms with Gasteiger partial charge < -0.3 is 10.2 Å². The van der Waals surface area contributed by atoms with Crippen LogP contribution in [0.25, 0.3) is 0 Å². The van der Waals surface area contributed by atoms with E-state index >= 15 is 0 Å². The third kappa shape index (κ3) is 4.81. The van der Waals surface area contributed by atoms with Crippen molar-refractivity contribution in [1.82, 2.24) is 10.2 Å². The van der Waals surface area contributed by atoms with Gasteiger partial charge in [-0.05, 0) is 6.92 Å². The smallest absolute Gasteiger partial charge is 0.338 e. The molecule has 0 aromatic carbocycles. The van der Waals surface area contributed by atoms with Crippen LogP contribution >= 0.6 is 0 Å². The third-order valence-electron chi connectivity index (χ3n) is 1.09. The minimum absolute atomic E-state index is 0.320. The predicted octanol–water partition coefficient (Wildman–Crippen LogP) is 1.21. The van der Waals surface area contributed by atoms with Crippen LogP contribution in [0.3, 0.4) is 0 Å². The molecule has 0 rings (SSSR count). The van der Waals surface area contributed by atoms with Gasteiger partial charge in [0.25, 0.3) is 0 Å². The van der Waals surface area contributed by atoms with Crippen molar-refractivity contribution >= 4 is 6.03 Å². The lowest BCUT2D eigenvalue weighted by molar-refractivity contribution is -0.137. The summed E-state index contributed by atoms with van der Waals surface area (Å²) in [6, 6.07) is -0.713. The molecule has 0 unspecified atom stereocenters. The third-order valence-corrected chi connectivity index (χ3v) is 1.09. The van der Waals surface area contributed by atoms with Crippen molar-refractivity contribution in [2.24, 2.45) is 0 Å². The summed E-state index contributed by atoms with van der Waals surface area (Å²) < 4.78 is 35.1. The zero-order chi connectivity index (χ0) is 9.78. The summed E-state index contributed by atoms with van der Waals surface area (Å²) in [6.45, 7) is 0.735. The summed E-state index contributed by atoms with van der Waals surface area (Å²) in [5.41, 5.74) is 0. The van der Waals surface area contributed by atoms with Crippen LogP contribution in [-0.4, -0.2) is 37.2 Å². The summed E-state index contributed by atoms with van der Waals surface area (Å²) in [7, 11) is 1.10. The summed E-state index contributed by atoms with van der Waals surface area (Å²) in [5, 5.41) is 2.25. The minimum Gasteiger partial charge on any atom is -0.338 e. The Morgan fingerprint density at radius 1 is 1.50 bits per heavy atom. The van der Waals surface area contributed by atoms with Gasteiger partial charge in [-0.2, -0.15) is 13.2 Å². The molecule has 2 amide bonds. The average Bonchev–Trinajstić information content (AvgIpc) is 1.84. The summed E-state index contributed by atoms with van der Waals surface area (Å²) in [5.74, 6) is 0. The normalized spacial score (nSPS) is 11.1. The summed E-state index contributed by atoms with van der Waals surface area (Å²) >= 11 is 0. The van der Waals surface area contributed by atoms with E-state index in [0.717, 1.165) is 7.05 Å². The predicted molar refractivity (Wildman–Crippen MR) is 37.8 cm³/mol. The molecule has 0 fully saturated rings. The zero-order valence-electron chi connectivity index (χ0n) is 6.90. The first kappa shape index (κ1) is 11.1. The van der Waals surface area contributed by atoms with Crippen LogP contribution in [0.1, 0.15) is 6.92 Å². The zero-order valence-corrected chi connectivity index (χ0v) is 6.90. The summed E-state index contributed by atoms with van der Waals surface area (Å²) in [4.78, 5) is 11.3. The second-order valence-corrected chi connectivity index (χ2v) is 2.31. The van der Waals surface area contributed by atoms with Crippen LogP contribution in [0.5, 0.6) is 0 Å². The number of amides is 2. The Morgan fingerprint density at radius 3 is 2.33 bits per heavy atom. The Kier molecular flexibility index (Phi) is 3.85. The largest absolute Gasteiger partial charge is 0.406 e. The number of urea groups is 1. The maximum absolute atomic E-state index is 11.7. The number of halogens is 3. The first-order valence-corrected chi connectivity index (χ1v) is 3.42. The molecule has 0 aliphatic rings. The molecule has 0 saturated carbocycles. The van der Waals surface area contributed by atoms with Crippen molar-refractivity contribution < 1.29 is 18.0 Å². The van der Waals surface area contributed by atoms with Crippen molar-refractivity contribution in [3.63, 3.8) is 0 Å². The monoisotopic (exact) mass is 184 g/mol. The van der Waals surface area contributed by atoms with E-state index in [4.69, 9.17) is 0 Å². The lowest BCUT2D eigenvalue weighted by Crippen LogP contribution is -2.42. The fourth-order valence-electron chi connectivity index (χ4n) is 0.627. The Morgan fingerprint density at radius 2 is 2.00 bits per heavy atom. The highest BCUT2D eigenvalue weighted by atomic mass is 19.4. The number of alkyl halides is 3. The van der Waals surface area contributed by atoms with Crippen LogP contribution in [0.15, 0.2) is 0 Å². The maximum Gasteiger partial charge on any atom is 0.406 e. The lowest BCUT2D eigenvalue weighted by atomic mass is 10.5. The number of nitrogens with one attached hydrogen (secondary N) is 1. The molecule has 0 bridgehead atoms. The van der Waals surface area contributed by atoms with Crippen molar-refractivity contribution in [3.8, 4) is 0 Å². The van der Waals surface area contributed by atoms with E-state index in [9.17, 15) is 18.0 Å². The van der Waals surface area contributed by atoms with Gasteiger partial charge >= 0.3 is 12.2 Å². The van der Waals surface area contributed by atoms with Crippen LogP contribution < -0.4 is 5.32 Å². The number of hydrogen-bond donors (Lipinski definition) is 1. The van der Waals surface area contributed by atoms with Crippen molar-refractivity contribution in [2.45, 2.75) is 13.1 Å². The molecule has 0 aromatic rings. The van der Waals surface area contributed by atoms with Gasteiger partial charge in [0.2, 0.25) is 0 Å². The average molecular weight is 184 g/mol. The van der Waals surface area contributed by atoms with Crippen molar-refractivity contribution in [2.75, 3.05) is 20.1 Å². The molecule has 0 saturated heterocycles. The van der Waals surface area contributed by atoms with Gasteiger partial charge in [-0.1, -0.05) is 0 Å². The molecule has 0 aliphatic heterocycles. The van der Waals surface area contributed by atoms with E-state index in [0.29, 0.717) is 11.4 Å². The Labute approximate surface area is 68.5 Å². The van der Waals surface area contributed by atoms with Gasteiger partial charge in [0.05, 0.1) is 0 Å². The molecule has 72 valence electrons. The number of carbonyl (C=O) groups is 1. The Bertz CT molecular complexity index is 157. The van der Waals surface area contributed by atoms with E-state index in [1.165, 1.54) is 0 Å². The Balaban J connectivity index is 3.87. The molecule has 12 heavy (non-hydrogen) atoms. The molecule has 0 atom stereocenters. The van der Waals surface area contributed by atoms with Crippen LogP contribution in [0, 0.1) is 0 Å². The van der Waals surface area contributed by atoms with E-state index in [1.54, 1.807) is 6.92 Å². The van der Waals surface area contributed by atoms with E-state index in [-0.39, 0.29) is 0 Å². The number of carbonyl (C=O) groups excluding carboxylic acids is 1. The van der Waals surface area contributed by atoms with Crippen molar-refractivity contribution in [1.29, 1.82) is 0 Å². The topological polar surface area (TPSA) is 32.3 Å². The fourth-order valence-corrected chi connectivity index (χ4v) is 0.627. The molecular weight excluding hydrogens is 173 g/mol. The quantitative estimate of drug-likeness (QED) is 0.687. The van der Waals surface area contributed by atoms with E-state index < -0.39 is 18.8 Å². The molecular formula is C6H11F3N2O. The molecule has 0 aromatic heterocycles. The van der Waals surface area contributed by atoms with Gasteiger partial charge in [0.15, 0.2) is 0 Å². The molecule has 1 N–H and O–H groups in total. The standard InChI is InChI=1S/C6H11F3N2O/c1-3-10-5(12)11(2)4-6(7,8)9/h3-4H2,1-2H3,(H,10,12). The second-order valence-electron chi connectivity index (χ2n) is 2.31. The highest BCUT2D eigenvalue weighted by Gasteiger charge is 2.30. The fraction of sp³-hybridized carbons (Fsp3) is 0.833. The first-order valence-electron chi connectivity index (χ1n) is 3.42. The van der Waals surface area contributed by atoms with E-state index in [1.807, 2.05) is 0 Å². The molecule has 0 radical (unpaired) electrons. The van der Waals surface area contributed by atoms with Crippen molar-refractivity contribution in [3.05, 3.63) is 0 Å². The van der Waals surface area contributed by atoms with Crippen LogP contribution in [0.2, 0.25) is 0 Å². The second kappa shape index (κ2) is 4.18. The minimum atomic E-state index is -4.33. The molecule has 3 nitrogen and oxygen atoms in total. The van der Waals surface area contributed by atoms with Gasteiger partial charge in [-0.25, -0.2) is 4.79 Å². The van der Waals surface area contributed by atoms with E-state index in [2.05, 4.69) is 5.32 Å². The van der Waals surface area contributed by atoms with Gasteiger partial charge in [0.1, 0.15) is 6.54 Å². The van der Waals surface area contributed by atoms with Gasteiger partial charge in [0, 0.05) is 13.6 Å². The van der Waals surface area contributed by atoms with Crippen LogP contribution in [0.4, 0.5) is 18.0 Å². The Hall–Kier alpha value is -0.940. The van der Waals surface area contributed by atoms with Crippen LogP contribution in [-0.2, 0) is 0 Å². The SMILES string of the molecule is CCNC(=O)N(C)CC(F)(F)F. The first-order chi connectivity index (χ1) is 5.37. The number of hydrogen-bond acceptors (Lipinski definition) is 1. The molecule has 0 heterocycles. The molecule has 0 spiro atoms. The highest BCUT2D eigenvalue weighted by molar-refractivity contribution is 5.73. The molecule has 0 aliphatic carbocycles. The number of rotatable bonds is 2. The van der Waals surface area contributed by atoms with Gasteiger partial charge in [-0.15, -0.1) is 0 Å². The highest BCUT2D eigenvalue weighted by Crippen LogP contribution is 2.15. The summed E-state index contributed by atoms with van der Waals surface area (Å²) in [6.07, 6.45) is -4.33. The van der Waals surface area contributed by atoms with Gasteiger partial charge in [-0.3, -0.25) is 0 Å². The maximum atomic E-state index is 11.7. The molecule has 6 heteroatoms.